The van der Waals surface area contributed by atoms with Crippen molar-refractivity contribution in [2.24, 2.45) is 5.92 Å². The minimum absolute atomic E-state index is 0.164. The molecular formula is C18H25N3O3. The molecule has 0 aliphatic carbocycles. The molecule has 6 nitrogen and oxygen atoms in total. The summed E-state index contributed by atoms with van der Waals surface area (Å²) in [6.45, 7) is 4.01. The van der Waals surface area contributed by atoms with Gasteiger partial charge in [-0.1, -0.05) is 12.1 Å². The molecule has 1 aliphatic rings. The van der Waals surface area contributed by atoms with Crippen LogP contribution in [0.5, 0.6) is 0 Å². The third-order valence-electron chi connectivity index (χ3n) is 4.59. The van der Waals surface area contributed by atoms with Gasteiger partial charge in [-0.25, -0.2) is 4.98 Å². The number of benzene rings is 1. The third kappa shape index (κ3) is 4.13. The summed E-state index contributed by atoms with van der Waals surface area (Å²) >= 11 is 0. The number of hydrogen-bond donors (Lipinski definition) is 0. The molecule has 2 aromatic rings. The van der Waals surface area contributed by atoms with Gasteiger partial charge < -0.3 is 18.9 Å². The molecule has 24 heavy (non-hydrogen) atoms. The van der Waals surface area contributed by atoms with E-state index in [4.69, 9.17) is 9.47 Å². The SMILES string of the molecule is COCCOCC1CCN(C(=O)Cn2cnc3ccccc32)CC1. The number of para-hydroxylation sites is 2. The van der Waals surface area contributed by atoms with Crippen LogP contribution in [-0.4, -0.2) is 60.4 Å². The first kappa shape index (κ1) is 16.9. The highest BCUT2D eigenvalue weighted by molar-refractivity contribution is 5.80. The zero-order valence-electron chi connectivity index (χ0n) is 14.2. The lowest BCUT2D eigenvalue weighted by Crippen LogP contribution is -2.41. The zero-order chi connectivity index (χ0) is 16.8. The Bertz CT molecular complexity index is 662. The van der Waals surface area contributed by atoms with Crippen molar-refractivity contribution >= 4 is 16.9 Å². The van der Waals surface area contributed by atoms with Crippen LogP contribution in [0, 0.1) is 5.92 Å². The molecule has 1 aliphatic heterocycles. The van der Waals surface area contributed by atoms with Crippen LogP contribution in [0.25, 0.3) is 11.0 Å². The highest BCUT2D eigenvalue weighted by Gasteiger charge is 2.23. The molecule has 1 amide bonds. The first-order chi connectivity index (χ1) is 11.8. The molecule has 0 bridgehead atoms. The van der Waals surface area contributed by atoms with Crippen LogP contribution in [0.2, 0.25) is 0 Å². The fourth-order valence-corrected chi connectivity index (χ4v) is 3.12. The van der Waals surface area contributed by atoms with E-state index >= 15 is 0 Å². The van der Waals surface area contributed by atoms with Gasteiger partial charge in [0, 0.05) is 26.8 Å². The quantitative estimate of drug-likeness (QED) is 0.728. The van der Waals surface area contributed by atoms with Crippen molar-refractivity contribution in [3.8, 4) is 0 Å². The standard InChI is InChI=1S/C18H25N3O3/c1-23-10-11-24-13-15-6-8-20(9-7-15)18(22)12-21-14-19-16-4-2-3-5-17(16)21/h2-5,14-15H,6-13H2,1H3. The van der Waals surface area contributed by atoms with Crippen molar-refractivity contribution in [2.45, 2.75) is 19.4 Å². The van der Waals surface area contributed by atoms with Crippen molar-refractivity contribution in [3.05, 3.63) is 30.6 Å². The monoisotopic (exact) mass is 331 g/mol. The Labute approximate surface area is 142 Å². The van der Waals surface area contributed by atoms with Gasteiger partial charge in [0.1, 0.15) is 6.54 Å². The molecule has 1 aromatic carbocycles. The molecule has 1 saturated heterocycles. The number of imidazole rings is 1. The normalized spacial score (nSPS) is 16.0. The number of piperidine rings is 1. The number of methoxy groups -OCH3 is 1. The number of amides is 1. The van der Waals surface area contributed by atoms with Crippen LogP contribution in [0.1, 0.15) is 12.8 Å². The summed E-state index contributed by atoms with van der Waals surface area (Å²) < 4.78 is 12.5. The highest BCUT2D eigenvalue weighted by atomic mass is 16.5. The first-order valence-corrected chi connectivity index (χ1v) is 8.52. The number of carbonyl (C=O) groups excluding carboxylic acids is 1. The third-order valence-corrected chi connectivity index (χ3v) is 4.59. The van der Waals surface area contributed by atoms with E-state index in [1.165, 1.54) is 0 Å². The van der Waals surface area contributed by atoms with E-state index in [0.29, 0.717) is 25.7 Å². The van der Waals surface area contributed by atoms with E-state index in [9.17, 15) is 4.79 Å². The largest absolute Gasteiger partial charge is 0.382 e. The first-order valence-electron chi connectivity index (χ1n) is 8.52. The molecular weight excluding hydrogens is 306 g/mol. The van der Waals surface area contributed by atoms with Gasteiger partial charge in [-0.2, -0.15) is 0 Å². The van der Waals surface area contributed by atoms with Crippen LogP contribution < -0.4 is 0 Å². The lowest BCUT2D eigenvalue weighted by molar-refractivity contribution is -0.133. The van der Waals surface area contributed by atoms with Crippen LogP contribution in [-0.2, 0) is 20.8 Å². The maximum Gasteiger partial charge on any atom is 0.242 e. The fraction of sp³-hybridized carbons (Fsp3) is 0.556. The molecule has 0 atom stereocenters. The number of rotatable bonds is 7. The molecule has 1 aromatic heterocycles. The van der Waals surface area contributed by atoms with E-state index in [-0.39, 0.29) is 5.91 Å². The minimum atomic E-state index is 0.164. The molecule has 0 saturated carbocycles. The summed E-state index contributed by atoms with van der Waals surface area (Å²) in [6, 6.07) is 7.89. The molecule has 0 spiro atoms. The molecule has 3 rings (SSSR count). The number of nitrogens with zero attached hydrogens (tertiary/aromatic N) is 3. The van der Waals surface area contributed by atoms with Gasteiger partial charge in [0.15, 0.2) is 0 Å². The topological polar surface area (TPSA) is 56.6 Å². The van der Waals surface area contributed by atoms with E-state index in [2.05, 4.69) is 4.98 Å². The molecule has 0 N–H and O–H groups in total. The molecule has 1 fully saturated rings. The highest BCUT2D eigenvalue weighted by Crippen LogP contribution is 2.18. The second-order valence-corrected chi connectivity index (χ2v) is 6.25. The number of likely N-dealkylation sites (tertiary alicyclic amines) is 1. The van der Waals surface area contributed by atoms with Crippen molar-refractivity contribution in [1.29, 1.82) is 0 Å². The number of aromatic nitrogens is 2. The predicted molar refractivity (Wildman–Crippen MR) is 91.7 cm³/mol. The maximum absolute atomic E-state index is 12.5. The Hall–Kier alpha value is -1.92. The van der Waals surface area contributed by atoms with Crippen LogP contribution in [0.3, 0.4) is 0 Å². The summed E-state index contributed by atoms with van der Waals surface area (Å²) in [5, 5.41) is 0. The molecule has 0 radical (unpaired) electrons. The lowest BCUT2D eigenvalue weighted by atomic mass is 9.98. The average molecular weight is 331 g/mol. The van der Waals surface area contributed by atoms with Crippen LogP contribution in [0.4, 0.5) is 0 Å². The maximum atomic E-state index is 12.5. The number of hydrogen-bond acceptors (Lipinski definition) is 4. The molecule has 6 heteroatoms. The van der Waals surface area contributed by atoms with E-state index in [1.807, 2.05) is 33.7 Å². The Balaban J connectivity index is 1.47. The van der Waals surface area contributed by atoms with Gasteiger partial charge in [0.25, 0.3) is 0 Å². The van der Waals surface area contributed by atoms with Crippen LogP contribution in [0.15, 0.2) is 30.6 Å². The number of ether oxygens (including phenoxy) is 2. The average Bonchev–Trinajstić information content (AvgIpc) is 3.02. The summed E-state index contributed by atoms with van der Waals surface area (Å²) in [5.41, 5.74) is 1.93. The van der Waals surface area contributed by atoms with Crippen molar-refractivity contribution in [3.63, 3.8) is 0 Å². The van der Waals surface area contributed by atoms with Crippen molar-refractivity contribution in [1.82, 2.24) is 14.5 Å². The molecule has 2 heterocycles. The Morgan fingerprint density at radius 3 is 2.83 bits per heavy atom. The smallest absolute Gasteiger partial charge is 0.242 e. The fourth-order valence-electron chi connectivity index (χ4n) is 3.12. The van der Waals surface area contributed by atoms with Gasteiger partial charge in [0.2, 0.25) is 5.91 Å². The minimum Gasteiger partial charge on any atom is -0.382 e. The lowest BCUT2D eigenvalue weighted by Gasteiger charge is -2.32. The van der Waals surface area contributed by atoms with Crippen LogP contribution >= 0.6 is 0 Å². The van der Waals surface area contributed by atoms with Crippen molar-refractivity contribution in [2.75, 3.05) is 40.0 Å². The van der Waals surface area contributed by atoms with Crippen molar-refractivity contribution < 1.29 is 14.3 Å². The zero-order valence-corrected chi connectivity index (χ0v) is 14.2. The summed E-state index contributed by atoms with van der Waals surface area (Å²) in [6.07, 6.45) is 3.76. The number of carbonyl (C=O) groups is 1. The number of fused-ring (bicyclic) bond motifs is 1. The van der Waals surface area contributed by atoms with Gasteiger partial charge >= 0.3 is 0 Å². The second-order valence-electron chi connectivity index (χ2n) is 6.25. The van der Waals surface area contributed by atoms with E-state index in [1.54, 1.807) is 13.4 Å². The second kappa shape index (κ2) is 8.26. The molecule has 130 valence electrons. The summed E-state index contributed by atoms with van der Waals surface area (Å²) in [5.74, 6) is 0.705. The Morgan fingerprint density at radius 1 is 1.25 bits per heavy atom. The van der Waals surface area contributed by atoms with E-state index in [0.717, 1.165) is 43.6 Å². The van der Waals surface area contributed by atoms with Gasteiger partial charge in [-0.05, 0) is 30.9 Å². The Morgan fingerprint density at radius 2 is 2.04 bits per heavy atom. The predicted octanol–water partition coefficient (Wildman–Crippen LogP) is 1.94. The van der Waals surface area contributed by atoms with E-state index < -0.39 is 0 Å². The summed E-state index contributed by atoms with van der Waals surface area (Å²) in [4.78, 5) is 18.8. The molecule has 0 unspecified atom stereocenters. The van der Waals surface area contributed by atoms with Gasteiger partial charge in [-0.3, -0.25) is 4.79 Å². The summed E-state index contributed by atoms with van der Waals surface area (Å²) in [7, 11) is 1.68. The van der Waals surface area contributed by atoms with Gasteiger partial charge in [0.05, 0.1) is 30.6 Å². The van der Waals surface area contributed by atoms with Gasteiger partial charge in [-0.15, -0.1) is 0 Å². The Kier molecular flexibility index (Phi) is 5.82.